The molecule has 19 heavy (non-hydrogen) atoms. The highest BCUT2D eigenvalue weighted by molar-refractivity contribution is 6.05. The molecule has 2 N–H and O–H groups in total. The Morgan fingerprint density at radius 3 is 2.53 bits per heavy atom. The molecule has 0 saturated carbocycles. The van der Waals surface area contributed by atoms with Gasteiger partial charge in [-0.3, -0.25) is 9.59 Å². The number of amides is 1. The first kappa shape index (κ1) is 13.1. The Hall–Kier alpha value is -2.37. The van der Waals surface area contributed by atoms with Gasteiger partial charge in [0.2, 0.25) is 5.91 Å². The molecule has 0 aliphatic carbocycles. The molecule has 1 aromatic carbocycles. The number of nitrogens with zero attached hydrogens (tertiary/aromatic N) is 1. The van der Waals surface area contributed by atoms with Gasteiger partial charge in [-0.25, -0.2) is 4.79 Å². The minimum absolute atomic E-state index is 0.0132. The number of anilines is 1. The maximum atomic E-state index is 11.9. The van der Waals surface area contributed by atoms with Crippen molar-refractivity contribution in [2.45, 2.75) is 13.3 Å². The van der Waals surface area contributed by atoms with Crippen LogP contribution in [0.25, 0.3) is 0 Å². The molecular formula is C13H13NO5. The first-order valence-electron chi connectivity index (χ1n) is 5.78. The number of aliphatic carboxylic acids is 1. The minimum atomic E-state index is -1.13. The molecule has 1 aromatic rings. The molecule has 0 aromatic heterocycles. The predicted octanol–water partition coefficient (Wildman–Crippen LogP) is 1.13. The van der Waals surface area contributed by atoms with Gasteiger partial charge in [0.25, 0.3) is 0 Å². The second kappa shape index (κ2) is 4.72. The average molecular weight is 263 g/mol. The summed E-state index contributed by atoms with van der Waals surface area (Å²) in [5.74, 6) is -3.32. The summed E-state index contributed by atoms with van der Waals surface area (Å²) >= 11 is 0. The van der Waals surface area contributed by atoms with Crippen molar-refractivity contribution >= 4 is 23.5 Å². The Bertz CT molecular complexity index is 566. The fraction of sp³-hybridized carbons (Fsp3) is 0.308. The summed E-state index contributed by atoms with van der Waals surface area (Å²) in [6.07, 6.45) is -0.0945. The third-order valence-electron chi connectivity index (χ3n) is 3.21. The molecule has 1 saturated heterocycles. The first-order valence-corrected chi connectivity index (χ1v) is 5.78. The maximum absolute atomic E-state index is 11.9. The summed E-state index contributed by atoms with van der Waals surface area (Å²) in [6.45, 7) is 1.71. The number of carboxylic acids is 2. The number of aromatic carboxylic acids is 1. The van der Waals surface area contributed by atoms with Gasteiger partial charge in [0.1, 0.15) is 0 Å². The van der Waals surface area contributed by atoms with Crippen molar-refractivity contribution in [3.05, 3.63) is 29.3 Å². The molecule has 2 rings (SSSR count). The van der Waals surface area contributed by atoms with Crippen LogP contribution in [0.15, 0.2) is 18.2 Å². The zero-order chi connectivity index (χ0) is 14.2. The number of carboxylic acid groups (broad SMARTS) is 2. The van der Waals surface area contributed by atoms with Gasteiger partial charge in [-0.1, -0.05) is 12.1 Å². The lowest BCUT2D eigenvalue weighted by Crippen LogP contribution is -2.28. The Morgan fingerprint density at radius 1 is 1.32 bits per heavy atom. The van der Waals surface area contributed by atoms with Crippen LogP contribution in [-0.2, 0) is 9.59 Å². The fourth-order valence-electron chi connectivity index (χ4n) is 2.28. The van der Waals surface area contributed by atoms with Crippen LogP contribution in [-0.4, -0.2) is 34.6 Å². The van der Waals surface area contributed by atoms with Gasteiger partial charge < -0.3 is 15.1 Å². The van der Waals surface area contributed by atoms with E-state index < -0.39 is 17.9 Å². The summed E-state index contributed by atoms with van der Waals surface area (Å²) < 4.78 is 0. The Labute approximate surface area is 109 Å². The molecule has 0 spiro atoms. The van der Waals surface area contributed by atoms with Crippen molar-refractivity contribution in [1.29, 1.82) is 0 Å². The van der Waals surface area contributed by atoms with Crippen molar-refractivity contribution in [2.75, 3.05) is 11.4 Å². The molecule has 0 radical (unpaired) electrons. The number of benzene rings is 1. The average Bonchev–Trinajstić information content (AvgIpc) is 2.71. The summed E-state index contributed by atoms with van der Waals surface area (Å²) in [4.78, 5) is 35.3. The van der Waals surface area contributed by atoms with E-state index in [2.05, 4.69) is 0 Å². The van der Waals surface area contributed by atoms with E-state index in [1.165, 1.54) is 11.0 Å². The van der Waals surface area contributed by atoms with Crippen molar-refractivity contribution in [2.24, 2.45) is 5.92 Å². The monoisotopic (exact) mass is 263 g/mol. The third kappa shape index (κ3) is 2.29. The van der Waals surface area contributed by atoms with E-state index in [1.807, 2.05) is 0 Å². The molecular weight excluding hydrogens is 250 g/mol. The molecule has 1 aliphatic heterocycles. The number of aryl methyl sites for hydroxylation is 1. The second-order valence-corrected chi connectivity index (χ2v) is 4.52. The van der Waals surface area contributed by atoms with Gasteiger partial charge in [-0.05, 0) is 18.6 Å². The largest absolute Gasteiger partial charge is 0.481 e. The SMILES string of the molecule is Cc1cccc(C(=O)O)c1N1CC(C(=O)O)CC1=O. The molecule has 1 amide bonds. The molecule has 1 unspecified atom stereocenters. The van der Waals surface area contributed by atoms with E-state index in [-0.39, 0.29) is 24.4 Å². The first-order chi connectivity index (χ1) is 8.91. The number of hydrogen-bond donors (Lipinski definition) is 2. The van der Waals surface area contributed by atoms with E-state index in [0.29, 0.717) is 11.3 Å². The number of para-hydroxylation sites is 1. The molecule has 1 fully saturated rings. The molecule has 1 aliphatic rings. The van der Waals surface area contributed by atoms with E-state index >= 15 is 0 Å². The van der Waals surface area contributed by atoms with Gasteiger partial charge in [0, 0.05) is 13.0 Å². The van der Waals surface area contributed by atoms with Gasteiger partial charge >= 0.3 is 11.9 Å². The Morgan fingerprint density at radius 2 is 2.00 bits per heavy atom. The quantitative estimate of drug-likeness (QED) is 0.852. The highest BCUT2D eigenvalue weighted by atomic mass is 16.4. The molecule has 0 bridgehead atoms. The molecule has 100 valence electrons. The highest BCUT2D eigenvalue weighted by Crippen LogP contribution is 2.31. The van der Waals surface area contributed by atoms with Crippen molar-refractivity contribution in [3.63, 3.8) is 0 Å². The molecule has 1 atom stereocenters. The van der Waals surface area contributed by atoms with Gasteiger partial charge in [-0.15, -0.1) is 0 Å². The van der Waals surface area contributed by atoms with Gasteiger partial charge in [0.05, 0.1) is 17.2 Å². The normalized spacial score (nSPS) is 18.7. The van der Waals surface area contributed by atoms with Crippen LogP contribution in [0, 0.1) is 12.8 Å². The van der Waals surface area contributed by atoms with Crippen LogP contribution in [0.2, 0.25) is 0 Å². The van der Waals surface area contributed by atoms with Crippen LogP contribution in [0.1, 0.15) is 22.3 Å². The van der Waals surface area contributed by atoms with Gasteiger partial charge in [0.15, 0.2) is 0 Å². The lowest BCUT2D eigenvalue weighted by molar-refractivity contribution is -0.141. The van der Waals surface area contributed by atoms with Crippen LogP contribution in [0.4, 0.5) is 5.69 Å². The molecule has 6 nitrogen and oxygen atoms in total. The highest BCUT2D eigenvalue weighted by Gasteiger charge is 2.37. The molecule has 6 heteroatoms. The van der Waals surface area contributed by atoms with Crippen LogP contribution in [0.5, 0.6) is 0 Å². The van der Waals surface area contributed by atoms with E-state index in [4.69, 9.17) is 10.2 Å². The van der Waals surface area contributed by atoms with Crippen LogP contribution >= 0.6 is 0 Å². The lowest BCUT2D eigenvalue weighted by Gasteiger charge is -2.20. The third-order valence-corrected chi connectivity index (χ3v) is 3.21. The minimum Gasteiger partial charge on any atom is -0.481 e. The zero-order valence-corrected chi connectivity index (χ0v) is 10.3. The van der Waals surface area contributed by atoms with Crippen LogP contribution < -0.4 is 4.90 Å². The smallest absolute Gasteiger partial charge is 0.337 e. The Kier molecular flexibility index (Phi) is 3.25. The lowest BCUT2D eigenvalue weighted by atomic mass is 10.1. The predicted molar refractivity (Wildman–Crippen MR) is 66.2 cm³/mol. The maximum Gasteiger partial charge on any atom is 0.337 e. The van der Waals surface area contributed by atoms with Crippen molar-refractivity contribution in [3.8, 4) is 0 Å². The zero-order valence-electron chi connectivity index (χ0n) is 10.3. The summed E-state index contributed by atoms with van der Waals surface area (Å²) in [5, 5.41) is 18.1. The number of hydrogen-bond acceptors (Lipinski definition) is 3. The van der Waals surface area contributed by atoms with Gasteiger partial charge in [-0.2, -0.15) is 0 Å². The fourth-order valence-corrected chi connectivity index (χ4v) is 2.28. The number of rotatable bonds is 3. The molecule has 1 heterocycles. The van der Waals surface area contributed by atoms with Crippen molar-refractivity contribution < 1.29 is 24.6 Å². The second-order valence-electron chi connectivity index (χ2n) is 4.52. The number of carbonyl (C=O) groups is 3. The van der Waals surface area contributed by atoms with Crippen molar-refractivity contribution in [1.82, 2.24) is 0 Å². The standard InChI is InChI=1S/C13H13NO5/c1-7-3-2-4-9(13(18)19)11(7)14-6-8(12(16)17)5-10(14)15/h2-4,8H,5-6H2,1H3,(H,16,17)(H,18,19). The Balaban J connectivity index is 2.45. The summed E-state index contributed by atoms with van der Waals surface area (Å²) in [7, 11) is 0. The van der Waals surface area contributed by atoms with Crippen LogP contribution in [0.3, 0.4) is 0 Å². The summed E-state index contributed by atoms with van der Waals surface area (Å²) in [5.41, 5.74) is 0.947. The van der Waals surface area contributed by atoms with E-state index in [9.17, 15) is 14.4 Å². The van der Waals surface area contributed by atoms with E-state index in [1.54, 1.807) is 19.1 Å². The van der Waals surface area contributed by atoms with E-state index in [0.717, 1.165) is 0 Å². The topological polar surface area (TPSA) is 94.9 Å². The summed E-state index contributed by atoms with van der Waals surface area (Å²) in [6, 6.07) is 4.70. The number of carbonyl (C=O) groups excluding carboxylic acids is 1.